The standard InChI is InChI=1S/C25H30ClF2N5O3/c26-22-5-2-6-23(30-22)31-24(34)20-8-7-19(33(35)36)15-21(20)32-13-9-17(10-14-32)3-1-4-18-16-29-12-11-25(18,27)28/h2,5-8,15,17-18,29H,1,3-4,9-14,16H2,(H,30,31,34). The monoisotopic (exact) mass is 521 g/mol. The number of hydrogen-bond acceptors (Lipinski definition) is 6. The fourth-order valence-corrected chi connectivity index (χ4v) is 5.23. The van der Waals surface area contributed by atoms with Crippen LogP contribution in [-0.2, 0) is 0 Å². The molecule has 8 nitrogen and oxygen atoms in total. The number of nitrogens with zero attached hydrogens (tertiary/aromatic N) is 3. The summed E-state index contributed by atoms with van der Waals surface area (Å²) >= 11 is 5.90. The van der Waals surface area contributed by atoms with E-state index in [0.29, 0.717) is 49.8 Å². The molecule has 194 valence electrons. The molecule has 0 bridgehead atoms. The number of non-ortho nitro benzene ring substituents is 1. The summed E-state index contributed by atoms with van der Waals surface area (Å²) in [6, 6.07) is 9.07. The van der Waals surface area contributed by atoms with Crippen molar-refractivity contribution in [2.75, 3.05) is 36.4 Å². The Morgan fingerprint density at radius 3 is 2.72 bits per heavy atom. The zero-order valence-corrected chi connectivity index (χ0v) is 20.6. The van der Waals surface area contributed by atoms with Crippen molar-refractivity contribution in [1.29, 1.82) is 0 Å². The molecule has 4 rings (SSSR count). The minimum absolute atomic E-state index is 0.0911. The lowest BCUT2D eigenvalue weighted by atomic mass is 9.86. The highest BCUT2D eigenvalue weighted by atomic mass is 35.5. The summed E-state index contributed by atoms with van der Waals surface area (Å²) in [6.45, 7) is 1.99. The van der Waals surface area contributed by atoms with Gasteiger partial charge in [-0.1, -0.05) is 30.5 Å². The number of anilines is 2. The van der Waals surface area contributed by atoms with E-state index in [1.165, 1.54) is 18.2 Å². The molecule has 0 aliphatic carbocycles. The number of piperidine rings is 2. The third-order valence-electron chi connectivity index (χ3n) is 7.14. The maximum atomic E-state index is 14.1. The molecule has 2 fully saturated rings. The molecule has 2 aliphatic heterocycles. The van der Waals surface area contributed by atoms with Crippen molar-refractivity contribution in [3.63, 3.8) is 0 Å². The van der Waals surface area contributed by atoms with Crippen LogP contribution in [0.25, 0.3) is 0 Å². The number of carbonyl (C=O) groups excluding carboxylic acids is 1. The first kappa shape index (κ1) is 26.2. The van der Waals surface area contributed by atoms with Gasteiger partial charge in [0.1, 0.15) is 11.0 Å². The van der Waals surface area contributed by atoms with E-state index in [9.17, 15) is 23.7 Å². The molecule has 2 N–H and O–H groups in total. The number of aromatic nitrogens is 1. The number of nitro groups is 1. The van der Waals surface area contributed by atoms with E-state index >= 15 is 0 Å². The van der Waals surface area contributed by atoms with Gasteiger partial charge in [-0.25, -0.2) is 13.8 Å². The number of nitrogens with one attached hydrogen (secondary N) is 2. The van der Waals surface area contributed by atoms with Gasteiger partial charge in [0, 0.05) is 50.7 Å². The summed E-state index contributed by atoms with van der Waals surface area (Å²) in [5.41, 5.74) is 0.717. The van der Waals surface area contributed by atoms with E-state index in [4.69, 9.17) is 11.6 Å². The third kappa shape index (κ3) is 6.47. The van der Waals surface area contributed by atoms with Crippen molar-refractivity contribution in [2.45, 2.75) is 44.4 Å². The predicted molar refractivity (Wildman–Crippen MR) is 135 cm³/mol. The summed E-state index contributed by atoms with van der Waals surface area (Å²) in [7, 11) is 0. The summed E-state index contributed by atoms with van der Waals surface area (Å²) in [4.78, 5) is 30.0. The third-order valence-corrected chi connectivity index (χ3v) is 7.35. The van der Waals surface area contributed by atoms with Crippen molar-refractivity contribution in [3.8, 4) is 0 Å². The zero-order valence-electron chi connectivity index (χ0n) is 19.9. The Bertz CT molecular complexity index is 1100. The van der Waals surface area contributed by atoms with Crippen LogP contribution in [0, 0.1) is 22.0 Å². The number of benzene rings is 1. The molecule has 1 aromatic heterocycles. The van der Waals surface area contributed by atoms with Gasteiger partial charge in [-0.2, -0.15) is 0 Å². The first-order valence-electron chi connectivity index (χ1n) is 12.3. The molecule has 0 saturated carbocycles. The second kappa shape index (κ2) is 11.5. The molecule has 2 aliphatic rings. The van der Waals surface area contributed by atoms with Crippen molar-refractivity contribution in [1.82, 2.24) is 10.3 Å². The lowest BCUT2D eigenvalue weighted by Gasteiger charge is -2.35. The van der Waals surface area contributed by atoms with Gasteiger partial charge in [0.25, 0.3) is 17.5 Å². The van der Waals surface area contributed by atoms with Gasteiger partial charge in [0.05, 0.1) is 16.2 Å². The van der Waals surface area contributed by atoms with E-state index < -0.39 is 22.7 Å². The molecule has 1 aromatic carbocycles. The fourth-order valence-electron chi connectivity index (χ4n) is 5.06. The number of amides is 1. The molecule has 11 heteroatoms. The van der Waals surface area contributed by atoms with Crippen LogP contribution in [0.15, 0.2) is 36.4 Å². The van der Waals surface area contributed by atoms with Crippen LogP contribution in [0.2, 0.25) is 5.15 Å². The van der Waals surface area contributed by atoms with Crippen LogP contribution >= 0.6 is 11.6 Å². The molecular weight excluding hydrogens is 492 g/mol. The number of hydrogen-bond donors (Lipinski definition) is 2. The van der Waals surface area contributed by atoms with Crippen molar-refractivity contribution < 1.29 is 18.5 Å². The average molecular weight is 522 g/mol. The van der Waals surface area contributed by atoms with Gasteiger partial charge in [0.2, 0.25) is 0 Å². The van der Waals surface area contributed by atoms with Crippen LogP contribution in [0.4, 0.5) is 26.0 Å². The molecular formula is C25H30ClF2N5O3. The van der Waals surface area contributed by atoms with E-state index in [-0.39, 0.29) is 23.1 Å². The van der Waals surface area contributed by atoms with Crippen molar-refractivity contribution in [2.24, 2.45) is 11.8 Å². The summed E-state index contributed by atoms with van der Waals surface area (Å²) in [5.74, 6) is -2.94. The second-order valence-corrected chi connectivity index (χ2v) is 9.92. The van der Waals surface area contributed by atoms with Gasteiger partial charge in [0.15, 0.2) is 0 Å². The number of carbonyl (C=O) groups is 1. The summed E-state index contributed by atoms with van der Waals surface area (Å²) < 4.78 is 28.2. The molecule has 2 saturated heterocycles. The normalized spacial score (nSPS) is 20.2. The first-order valence-corrected chi connectivity index (χ1v) is 12.7. The van der Waals surface area contributed by atoms with Crippen LogP contribution in [0.1, 0.15) is 48.9 Å². The minimum Gasteiger partial charge on any atom is -0.371 e. The summed E-state index contributed by atoms with van der Waals surface area (Å²) in [6.07, 6.45) is 3.71. The number of halogens is 3. The molecule has 36 heavy (non-hydrogen) atoms. The highest BCUT2D eigenvalue weighted by Crippen LogP contribution is 2.36. The quantitative estimate of drug-likeness (QED) is 0.269. The zero-order chi connectivity index (χ0) is 25.7. The molecule has 1 unspecified atom stereocenters. The highest BCUT2D eigenvalue weighted by molar-refractivity contribution is 6.29. The molecule has 0 spiro atoms. The maximum absolute atomic E-state index is 14.1. The van der Waals surface area contributed by atoms with Crippen LogP contribution in [0.5, 0.6) is 0 Å². The number of alkyl halides is 2. The number of nitro benzene ring substituents is 1. The Kier molecular flexibility index (Phi) is 8.35. The molecule has 1 atom stereocenters. The lowest BCUT2D eigenvalue weighted by Crippen LogP contribution is -2.44. The number of pyridine rings is 1. The van der Waals surface area contributed by atoms with Gasteiger partial charge in [-0.15, -0.1) is 0 Å². The Balaban J connectivity index is 1.38. The number of rotatable bonds is 8. The fraction of sp³-hybridized carbons (Fsp3) is 0.520. The largest absolute Gasteiger partial charge is 0.371 e. The topological polar surface area (TPSA) is 100 Å². The minimum atomic E-state index is -2.59. The van der Waals surface area contributed by atoms with Crippen LogP contribution in [0.3, 0.4) is 0 Å². The van der Waals surface area contributed by atoms with E-state index in [1.807, 2.05) is 4.90 Å². The Morgan fingerprint density at radius 2 is 2.03 bits per heavy atom. The molecule has 1 amide bonds. The Morgan fingerprint density at radius 1 is 1.25 bits per heavy atom. The van der Waals surface area contributed by atoms with E-state index in [2.05, 4.69) is 15.6 Å². The van der Waals surface area contributed by atoms with Gasteiger partial charge >= 0.3 is 0 Å². The van der Waals surface area contributed by atoms with Crippen LogP contribution < -0.4 is 15.5 Å². The van der Waals surface area contributed by atoms with Gasteiger partial charge in [-0.05, 0) is 43.4 Å². The van der Waals surface area contributed by atoms with E-state index in [1.54, 1.807) is 18.2 Å². The Hall–Kier alpha value is -2.85. The predicted octanol–water partition coefficient (Wildman–Crippen LogP) is 5.53. The maximum Gasteiger partial charge on any atom is 0.271 e. The van der Waals surface area contributed by atoms with Crippen molar-refractivity contribution >= 4 is 34.7 Å². The molecule has 2 aromatic rings. The highest BCUT2D eigenvalue weighted by Gasteiger charge is 2.40. The van der Waals surface area contributed by atoms with Crippen LogP contribution in [-0.4, -0.2) is 47.9 Å². The SMILES string of the molecule is O=C(Nc1cccc(Cl)n1)c1ccc([N+](=O)[O-])cc1N1CCC(CCCC2CNCCC2(F)F)CC1. The lowest BCUT2D eigenvalue weighted by molar-refractivity contribution is -0.384. The average Bonchev–Trinajstić information content (AvgIpc) is 2.85. The van der Waals surface area contributed by atoms with Crippen molar-refractivity contribution in [3.05, 3.63) is 57.2 Å². The first-order chi connectivity index (χ1) is 17.2. The smallest absolute Gasteiger partial charge is 0.271 e. The van der Waals surface area contributed by atoms with E-state index in [0.717, 1.165) is 25.7 Å². The van der Waals surface area contributed by atoms with Gasteiger partial charge < -0.3 is 15.5 Å². The molecule has 0 radical (unpaired) electrons. The van der Waals surface area contributed by atoms with Gasteiger partial charge in [-0.3, -0.25) is 14.9 Å². The molecule has 3 heterocycles. The summed E-state index contributed by atoms with van der Waals surface area (Å²) in [5, 5.41) is 17.4. The second-order valence-electron chi connectivity index (χ2n) is 9.53. The Labute approximate surface area is 213 Å².